The Morgan fingerprint density at radius 3 is 3.00 bits per heavy atom. The fraction of sp³-hybridized carbons (Fsp3) is 0.500. The lowest BCUT2D eigenvalue weighted by Gasteiger charge is -2.08. The van der Waals surface area contributed by atoms with E-state index in [4.69, 9.17) is 5.73 Å². The Morgan fingerprint density at radius 1 is 1.64 bits per heavy atom. The molecule has 3 N–H and O–H groups in total. The monoisotopic (exact) mass is 195 g/mol. The predicted molar refractivity (Wildman–Crippen MR) is 51.3 cm³/mol. The molecule has 76 valence electrons. The number of nitrogens with one attached hydrogen (secondary N) is 1. The molecular weight excluding hydrogens is 182 g/mol. The first kappa shape index (κ1) is 10.5. The van der Waals surface area contributed by atoms with E-state index in [0.29, 0.717) is 13.0 Å². The topological polar surface area (TPSA) is 93.8 Å². The average molecular weight is 195 g/mol. The number of amides is 1. The molecule has 0 saturated carbocycles. The van der Waals surface area contributed by atoms with Gasteiger partial charge in [0, 0.05) is 5.92 Å². The van der Waals surface area contributed by atoms with E-state index in [1.54, 1.807) is 6.92 Å². The van der Waals surface area contributed by atoms with Crippen LogP contribution in [-0.2, 0) is 4.79 Å². The molecule has 0 bridgehead atoms. The van der Waals surface area contributed by atoms with Crippen LogP contribution in [0.3, 0.4) is 0 Å². The Labute approximate surface area is 81.9 Å². The summed E-state index contributed by atoms with van der Waals surface area (Å²) in [6.45, 7) is 2.29. The fourth-order valence-electron chi connectivity index (χ4n) is 0.919. The molecule has 1 aromatic rings. The van der Waals surface area contributed by atoms with E-state index in [-0.39, 0.29) is 17.8 Å². The second-order valence-electron chi connectivity index (χ2n) is 2.93. The molecule has 0 saturated heterocycles. The smallest absolute Gasteiger partial charge is 0.249 e. The van der Waals surface area contributed by atoms with Gasteiger partial charge in [-0.15, -0.1) is 5.10 Å². The number of nitrogens with two attached hydrogens (primary N) is 1. The molecule has 6 heteroatoms. The highest BCUT2D eigenvalue weighted by Gasteiger charge is 2.12. The maximum atomic E-state index is 11.4. The zero-order chi connectivity index (χ0) is 10.4. The summed E-state index contributed by atoms with van der Waals surface area (Å²) in [5.74, 6) is -0.0476. The minimum absolute atomic E-state index is 0.135. The van der Waals surface area contributed by atoms with E-state index in [1.807, 2.05) is 0 Å². The summed E-state index contributed by atoms with van der Waals surface area (Å²) in [7, 11) is 0. The van der Waals surface area contributed by atoms with Gasteiger partial charge in [0.15, 0.2) is 0 Å². The zero-order valence-corrected chi connectivity index (χ0v) is 7.97. The highest BCUT2D eigenvalue weighted by molar-refractivity contribution is 5.90. The number of carbonyl (C=O) groups excluding carboxylic acids is 1. The van der Waals surface area contributed by atoms with Gasteiger partial charge in [0.2, 0.25) is 11.9 Å². The molecule has 0 aromatic carbocycles. The van der Waals surface area contributed by atoms with E-state index in [1.165, 1.54) is 12.4 Å². The van der Waals surface area contributed by atoms with Gasteiger partial charge in [-0.05, 0) is 13.0 Å². The molecule has 1 unspecified atom stereocenters. The van der Waals surface area contributed by atoms with E-state index < -0.39 is 0 Å². The highest BCUT2D eigenvalue weighted by atomic mass is 16.2. The highest BCUT2D eigenvalue weighted by Crippen LogP contribution is 2.03. The molecule has 14 heavy (non-hydrogen) atoms. The molecule has 6 nitrogen and oxygen atoms in total. The zero-order valence-electron chi connectivity index (χ0n) is 7.97. The van der Waals surface area contributed by atoms with Gasteiger partial charge in [0.25, 0.3) is 0 Å². The lowest BCUT2D eigenvalue weighted by molar-refractivity contribution is -0.119. The molecule has 0 radical (unpaired) electrons. The van der Waals surface area contributed by atoms with Crippen molar-refractivity contribution in [3.05, 3.63) is 12.4 Å². The molecule has 0 aliphatic rings. The minimum atomic E-state index is -0.136. The van der Waals surface area contributed by atoms with Crippen LogP contribution in [0.5, 0.6) is 0 Å². The van der Waals surface area contributed by atoms with E-state index >= 15 is 0 Å². The van der Waals surface area contributed by atoms with Crippen LogP contribution in [0.15, 0.2) is 12.4 Å². The Hall–Kier alpha value is -1.56. The van der Waals surface area contributed by atoms with Crippen molar-refractivity contribution in [2.45, 2.75) is 13.3 Å². The maximum absolute atomic E-state index is 11.4. The van der Waals surface area contributed by atoms with E-state index in [9.17, 15) is 4.79 Å². The minimum Gasteiger partial charge on any atom is -0.330 e. The van der Waals surface area contributed by atoms with Gasteiger partial charge in [-0.1, -0.05) is 6.92 Å². The van der Waals surface area contributed by atoms with Crippen LogP contribution in [0.1, 0.15) is 13.3 Å². The van der Waals surface area contributed by atoms with Crippen LogP contribution >= 0.6 is 0 Å². The Bertz CT molecular complexity index is 289. The first-order chi connectivity index (χ1) is 6.74. The number of anilines is 1. The summed E-state index contributed by atoms with van der Waals surface area (Å²) in [6.07, 6.45) is 3.56. The molecule has 1 rings (SSSR count). The van der Waals surface area contributed by atoms with Crippen molar-refractivity contribution in [2.75, 3.05) is 11.9 Å². The number of rotatable bonds is 4. The summed E-state index contributed by atoms with van der Waals surface area (Å²) in [5.41, 5.74) is 5.34. The molecule has 1 atom stereocenters. The Kier molecular flexibility index (Phi) is 3.93. The van der Waals surface area contributed by atoms with E-state index in [0.717, 1.165) is 0 Å². The largest absolute Gasteiger partial charge is 0.330 e. The number of aromatic nitrogens is 3. The van der Waals surface area contributed by atoms with Crippen molar-refractivity contribution in [1.29, 1.82) is 0 Å². The fourth-order valence-corrected chi connectivity index (χ4v) is 0.919. The van der Waals surface area contributed by atoms with Crippen LogP contribution in [0.4, 0.5) is 5.95 Å². The standard InChI is InChI=1S/C8H13N5O/c1-6(2-3-9)7(14)12-8-10-4-5-11-13-8/h4-6H,2-3,9H2,1H3,(H,10,12,13,14). The van der Waals surface area contributed by atoms with Gasteiger partial charge in [-0.2, -0.15) is 5.10 Å². The van der Waals surface area contributed by atoms with Crippen molar-refractivity contribution in [1.82, 2.24) is 15.2 Å². The van der Waals surface area contributed by atoms with Crippen LogP contribution in [0, 0.1) is 5.92 Å². The summed E-state index contributed by atoms with van der Waals surface area (Å²) >= 11 is 0. The van der Waals surface area contributed by atoms with Crippen LogP contribution in [0.2, 0.25) is 0 Å². The van der Waals surface area contributed by atoms with Crippen LogP contribution in [-0.4, -0.2) is 27.6 Å². The molecule has 1 aromatic heterocycles. The summed E-state index contributed by atoms with van der Waals surface area (Å²) in [6, 6.07) is 0. The van der Waals surface area contributed by atoms with Crippen molar-refractivity contribution >= 4 is 11.9 Å². The molecule has 1 heterocycles. The van der Waals surface area contributed by atoms with Gasteiger partial charge in [0.1, 0.15) is 0 Å². The van der Waals surface area contributed by atoms with Crippen LogP contribution in [0.25, 0.3) is 0 Å². The first-order valence-electron chi connectivity index (χ1n) is 4.38. The number of hydrogen-bond donors (Lipinski definition) is 2. The number of carbonyl (C=O) groups is 1. The Balaban J connectivity index is 2.49. The van der Waals surface area contributed by atoms with Gasteiger partial charge in [0.05, 0.1) is 12.4 Å². The first-order valence-corrected chi connectivity index (χ1v) is 4.38. The molecule has 0 aliphatic carbocycles. The third kappa shape index (κ3) is 3.06. The molecule has 0 fully saturated rings. The van der Waals surface area contributed by atoms with Crippen molar-refractivity contribution in [3.8, 4) is 0 Å². The molecular formula is C8H13N5O. The summed E-state index contributed by atoms with van der Waals surface area (Å²) in [4.78, 5) is 15.3. The summed E-state index contributed by atoms with van der Waals surface area (Å²) in [5, 5.41) is 9.78. The normalized spacial score (nSPS) is 12.1. The molecule has 0 spiro atoms. The van der Waals surface area contributed by atoms with Crippen molar-refractivity contribution < 1.29 is 4.79 Å². The molecule has 0 aliphatic heterocycles. The quantitative estimate of drug-likeness (QED) is 0.693. The lowest BCUT2D eigenvalue weighted by Crippen LogP contribution is -2.23. The van der Waals surface area contributed by atoms with Gasteiger partial charge in [-0.25, -0.2) is 4.98 Å². The maximum Gasteiger partial charge on any atom is 0.249 e. The summed E-state index contributed by atoms with van der Waals surface area (Å²) < 4.78 is 0. The SMILES string of the molecule is CC(CCN)C(=O)Nc1nccnn1. The van der Waals surface area contributed by atoms with Gasteiger partial charge >= 0.3 is 0 Å². The van der Waals surface area contributed by atoms with Crippen molar-refractivity contribution in [2.24, 2.45) is 11.7 Å². The van der Waals surface area contributed by atoms with Crippen LogP contribution < -0.4 is 11.1 Å². The average Bonchev–Trinajstić information content (AvgIpc) is 2.19. The third-order valence-electron chi connectivity index (χ3n) is 1.76. The van der Waals surface area contributed by atoms with Gasteiger partial charge < -0.3 is 5.73 Å². The van der Waals surface area contributed by atoms with Gasteiger partial charge in [-0.3, -0.25) is 10.1 Å². The second kappa shape index (κ2) is 5.23. The van der Waals surface area contributed by atoms with E-state index in [2.05, 4.69) is 20.5 Å². The second-order valence-corrected chi connectivity index (χ2v) is 2.93. The number of hydrogen-bond acceptors (Lipinski definition) is 5. The Morgan fingerprint density at radius 2 is 2.43 bits per heavy atom. The number of nitrogens with zero attached hydrogens (tertiary/aromatic N) is 3. The lowest BCUT2D eigenvalue weighted by atomic mass is 10.1. The van der Waals surface area contributed by atoms with Crippen molar-refractivity contribution in [3.63, 3.8) is 0 Å². The molecule has 1 amide bonds. The third-order valence-corrected chi connectivity index (χ3v) is 1.76. The predicted octanol–water partition coefficient (Wildman–Crippen LogP) is -0.205.